The van der Waals surface area contributed by atoms with Crippen molar-refractivity contribution in [3.63, 3.8) is 0 Å². The van der Waals surface area contributed by atoms with Crippen LogP contribution in [0, 0.1) is 11.3 Å². The first kappa shape index (κ1) is 28.6. The number of amides is 1. The van der Waals surface area contributed by atoms with Gasteiger partial charge in [0.1, 0.15) is 13.2 Å². The number of hydrogen-bond acceptors (Lipinski definition) is 6. The molecular formula is C22H37NO6. The van der Waals surface area contributed by atoms with Crippen LogP contribution < -0.4 is 5.73 Å². The first-order chi connectivity index (χ1) is 13.6. The lowest BCUT2D eigenvalue weighted by Gasteiger charge is -2.21. The first-order valence-corrected chi connectivity index (χ1v) is 9.87. The molecule has 0 aliphatic rings. The molecule has 29 heavy (non-hydrogen) atoms. The van der Waals surface area contributed by atoms with Gasteiger partial charge in [-0.15, -0.1) is 0 Å². The van der Waals surface area contributed by atoms with E-state index in [9.17, 15) is 14.4 Å². The highest BCUT2D eigenvalue weighted by atomic mass is 16.6. The number of nitrogens with two attached hydrogens (primary N) is 1. The summed E-state index contributed by atoms with van der Waals surface area (Å²) in [6.07, 6.45) is -0.368. The fourth-order valence-electron chi connectivity index (χ4n) is 1.77. The van der Waals surface area contributed by atoms with Gasteiger partial charge in [0.25, 0.3) is 0 Å². The minimum absolute atomic E-state index is 0.0669. The summed E-state index contributed by atoms with van der Waals surface area (Å²) in [5.74, 6) is -0.349. The van der Waals surface area contributed by atoms with E-state index in [4.69, 9.17) is 15.2 Å². The molecule has 2 N–H and O–H groups in total. The van der Waals surface area contributed by atoms with E-state index in [2.05, 4.69) is 4.74 Å². The standard InChI is InChI=1S/C12H22O4.C8H9NO2.C2H6/c1-6-15-11(14)12(4,5)8-16-10(13)7-9(2)3;9-8(10)11-6-7-4-2-1-3-5-7;1-2/h9H,6-8H2,1-5H3;1-5H,6H2,(H2,9,10);1-2H3. The summed E-state index contributed by atoms with van der Waals surface area (Å²) >= 11 is 0. The van der Waals surface area contributed by atoms with Gasteiger partial charge in [0.05, 0.1) is 12.0 Å². The summed E-state index contributed by atoms with van der Waals surface area (Å²) in [7, 11) is 0. The van der Waals surface area contributed by atoms with Crippen molar-refractivity contribution in [2.75, 3.05) is 13.2 Å². The molecule has 0 saturated carbocycles. The zero-order valence-electron chi connectivity index (χ0n) is 18.8. The Balaban J connectivity index is 0. The van der Waals surface area contributed by atoms with Crippen molar-refractivity contribution < 1.29 is 28.6 Å². The Kier molecular flexibility index (Phi) is 16.2. The topological polar surface area (TPSA) is 105 Å². The maximum atomic E-state index is 11.5. The second kappa shape index (κ2) is 16.4. The van der Waals surface area contributed by atoms with Gasteiger partial charge < -0.3 is 19.9 Å². The third-order valence-electron chi connectivity index (χ3n) is 3.22. The van der Waals surface area contributed by atoms with Crippen LogP contribution in [0.3, 0.4) is 0 Å². The van der Waals surface area contributed by atoms with Crippen molar-refractivity contribution in [2.45, 2.75) is 61.5 Å². The summed E-state index contributed by atoms with van der Waals surface area (Å²) in [5, 5.41) is 0. The molecule has 0 aliphatic heterocycles. The Bertz CT molecular complexity index is 584. The third kappa shape index (κ3) is 16.1. The van der Waals surface area contributed by atoms with E-state index >= 15 is 0 Å². The summed E-state index contributed by atoms with van der Waals surface area (Å²) < 4.78 is 14.5. The number of rotatable bonds is 8. The van der Waals surface area contributed by atoms with Gasteiger partial charge in [-0.05, 0) is 32.3 Å². The minimum atomic E-state index is -0.775. The smallest absolute Gasteiger partial charge is 0.404 e. The summed E-state index contributed by atoms with van der Waals surface area (Å²) in [5.41, 5.74) is 4.94. The van der Waals surface area contributed by atoms with Gasteiger partial charge >= 0.3 is 18.0 Å². The second-order valence-electron chi connectivity index (χ2n) is 6.96. The molecule has 1 amide bonds. The van der Waals surface area contributed by atoms with Crippen LogP contribution in [0.5, 0.6) is 0 Å². The highest BCUT2D eigenvalue weighted by Crippen LogP contribution is 2.18. The molecule has 0 radical (unpaired) electrons. The molecule has 0 atom stereocenters. The molecule has 166 valence electrons. The van der Waals surface area contributed by atoms with Gasteiger partial charge in [0, 0.05) is 6.42 Å². The molecule has 0 spiro atoms. The van der Waals surface area contributed by atoms with Crippen LogP contribution in [-0.2, 0) is 30.4 Å². The molecule has 1 aromatic rings. The van der Waals surface area contributed by atoms with E-state index in [1.807, 2.05) is 58.0 Å². The average Bonchev–Trinajstić information content (AvgIpc) is 2.67. The van der Waals surface area contributed by atoms with Crippen molar-refractivity contribution in [2.24, 2.45) is 17.1 Å². The zero-order valence-corrected chi connectivity index (χ0v) is 18.8. The predicted molar refractivity (Wildman–Crippen MR) is 113 cm³/mol. The number of carbonyl (C=O) groups excluding carboxylic acids is 3. The maximum absolute atomic E-state index is 11.5. The third-order valence-corrected chi connectivity index (χ3v) is 3.22. The lowest BCUT2D eigenvalue weighted by atomic mass is 9.95. The van der Waals surface area contributed by atoms with E-state index in [-0.39, 0.29) is 31.1 Å². The summed E-state index contributed by atoms with van der Waals surface area (Å²) in [6.45, 7) is 13.7. The molecule has 1 aromatic carbocycles. The van der Waals surface area contributed by atoms with E-state index < -0.39 is 11.5 Å². The SMILES string of the molecule is CC.CCOC(=O)C(C)(C)COC(=O)CC(C)C.NC(=O)OCc1ccccc1. The Hall–Kier alpha value is -2.57. The molecule has 1 rings (SSSR count). The van der Waals surface area contributed by atoms with Crippen LogP contribution in [0.15, 0.2) is 30.3 Å². The predicted octanol–water partition coefficient (Wildman–Crippen LogP) is 4.47. The fraction of sp³-hybridized carbons (Fsp3) is 0.591. The molecule has 0 saturated heterocycles. The molecule has 0 fully saturated rings. The number of ether oxygens (including phenoxy) is 3. The zero-order chi connectivity index (χ0) is 22.9. The van der Waals surface area contributed by atoms with E-state index in [1.165, 1.54) is 0 Å². The lowest BCUT2D eigenvalue weighted by molar-refractivity contribution is -0.161. The van der Waals surface area contributed by atoms with E-state index in [0.717, 1.165) is 5.56 Å². The summed E-state index contributed by atoms with van der Waals surface area (Å²) in [6, 6.07) is 9.37. The Morgan fingerprint density at radius 1 is 1.00 bits per heavy atom. The fourth-order valence-corrected chi connectivity index (χ4v) is 1.77. The van der Waals surface area contributed by atoms with Crippen LogP contribution >= 0.6 is 0 Å². The first-order valence-electron chi connectivity index (χ1n) is 9.87. The van der Waals surface area contributed by atoms with Crippen molar-refractivity contribution >= 4 is 18.0 Å². The van der Waals surface area contributed by atoms with Crippen molar-refractivity contribution in [3.05, 3.63) is 35.9 Å². The van der Waals surface area contributed by atoms with Gasteiger partial charge in [-0.3, -0.25) is 9.59 Å². The largest absolute Gasteiger partial charge is 0.465 e. The van der Waals surface area contributed by atoms with E-state index in [0.29, 0.717) is 13.0 Å². The van der Waals surface area contributed by atoms with Gasteiger partial charge in [-0.25, -0.2) is 4.79 Å². The van der Waals surface area contributed by atoms with Crippen LogP contribution in [0.4, 0.5) is 4.79 Å². The van der Waals surface area contributed by atoms with Gasteiger partial charge in [0.2, 0.25) is 0 Å². The number of esters is 2. The number of carbonyl (C=O) groups is 3. The molecule has 7 nitrogen and oxygen atoms in total. The second-order valence-corrected chi connectivity index (χ2v) is 6.96. The van der Waals surface area contributed by atoms with Crippen molar-refractivity contribution in [1.82, 2.24) is 0 Å². The maximum Gasteiger partial charge on any atom is 0.404 e. The molecule has 0 heterocycles. The Labute approximate surface area is 174 Å². The number of benzene rings is 1. The summed E-state index contributed by atoms with van der Waals surface area (Å²) in [4.78, 5) is 33.0. The van der Waals surface area contributed by atoms with Crippen LogP contribution in [0.1, 0.15) is 60.5 Å². The van der Waals surface area contributed by atoms with Gasteiger partial charge in [-0.2, -0.15) is 0 Å². The Morgan fingerprint density at radius 3 is 2.00 bits per heavy atom. The van der Waals surface area contributed by atoms with Gasteiger partial charge in [0.15, 0.2) is 0 Å². The number of hydrogen-bond donors (Lipinski definition) is 1. The van der Waals surface area contributed by atoms with E-state index in [1.54, 1.807) is 20.8 Å². The van der Waals surface area contributed by atoms with Crippen molar-refractivity contribution in [3.8, 4) is 0 Å². The van der Waals surface area contributed by atoms with Crippen LogP contribution in [0.2, 0.25) is 0 Å². The monoisotopic (exact) mass is 411 g/mol. The normalized spacial score (nSPS) is 9.93. The average molecular weight is 412 g/mol. The van der Waals surface area contributed by atoms with Crippen molar-refractivity contribution in [1.29, 1.82) is 0 Å². The van der Waals surface area contributed by atoms with Gasteiger partial charge in [-0.1, -0.05) is 58.0 Å². The molecule has 7 heteroatoms. The Morgan fingerprint density at radius 2 is 1.55 bits per heavy atom. The molecule has 0 bridgehead atoms. The molecule has 0 aliphatic carbocycles. The molecule has 0 unspecified atom stereocenters. The highest BCUT2D eigenvalue weighted by molar-refractivity contribution is 5.77. The lowest BCUT2D eigenvalue weighted by Crippen LogP contribution is -2.32. The molecular weight excluding hydrogens is 374 g/mol. The van der Waals surface area contributed by atoms with Crippen LogP contribution in [0.25, 0.3) is 0 Å². The minimum Gasteiger partial charge on any atom is -0.465 e. The highest BCUT2D eigenvalue weighted by Gasteiger charge is 2.31. The van der Waals surface area contributed by atoms with Crippen LogP contribution in [-0.4, -0.2) is 31.2 Å². The molecule has 0 aromatic heterocycles. The quantitative estimate of drug-likeness (QED) is 0.500. The number of primary amides is 1.